The zero-order valence-electron chi connectivity index (χ0n) is 18.3. The summed E-state index contributed by atoms with van der Waals surface area (Å²) in [6.07, 6.45) is 0.708. The first-order valence-electron chi connectivity index (χ1n) is 10.1. The standard InChI is InChI=1S/C24H28N2O5/c1-25(2)13-8-14-26-21(16-9-6-5-7-10-16)20(23(28)24(26)29)22(27)17-11-12-18(30-3)19(15-17)31-4/h5-7,9-12,15,21,27H,8,13-14H2,1-4H3/b22-20-. The van der Waals surface area contributed by atoms with E-state index < -0.39 is 17.7 Å². The summed E-state index contributed by atoms with van der Waals surface area (Å²) in [6, 6.07) is 13.5. The number of hydrogen-bond donors (Lipinski definition) is 1. The van der Waals surface area contributed by atoms with Gasteiger partial charge in [-0.05, 0) is 50.8 Å². The maximum Gasteiger partial charge on any atom is 0.295 e. The summed E-state index contributed by atoms with van der Waals surface area (Å²) in [5.41, 5.74) is 1.23. The van der Waals surface area contributed by atoms with Crippen LogP contribution < -0.4 is 9.47 Å². The summed E-state index contributed by atoms with van der Waals surface area (Å²) < 4.78 is 10.6. The summed E-state index contributed by atoms with van der Waals surface area (Å²) in [7, 11) is 6.93. The van der Waals surface area contributed by atoms with Crippen LogP contribution in [0.15, 0.2) is 54.1 Å². The Kier molecular flexibility index (Phi) is 6.97. The Bertz CT molecular complexity index is 985. The maximum atomic E-state index is 13.0. The lowest BCUT2D eigenvalue weighted by molar-refractivity contribution is -0.139. The molecule has 1 unspecified atom stereocenters. The fourth-order valence-corrected chi connectivity index (χ4v) is 3.79. The zero-order chi connectivity index (χ0) is 22.5. The lowest BCUT2D eigenvalue weighted by atomic mass is 9.95. The number of carbonyl (C=O) groups excluding carboxylic acids is 2. The molecule has 0 saturated carbocycles. The minimum absolute atomic E-state index is 0.0771. The normalized spacial score (nSPS) is 18.0. The molecule has 7 heteroatoms. The summed E-state index contributed by atoms with van der Waals surface area (Å²) >= 11 is 0. The van der Waals surface area contributed by atoms with Gasteiger partial charge in [-0.1, -0.05) is 30.3 Å². The minimum atomic E-state index is -0.689. The second kappa shape index (κ2) is 9.66. The Labute approximate surface area is 182 Å². The fraction of sp³-hybridized carbons (Fsp3) is 0.333. The highest BCUT2D eigenvalue weighted by Gasteiger charge is 2.45. The number of benzene rings is 2. The minimum Gasteiger partial charge on any atom is -0.507 e. The molecule has 2 aromatic carbocycles. The Hall–Kier alpha value is -3.32. The smallest absolute Gasteiger partial charge is 0.295 e. The van der Waals surface area contributed by atoms with Gasteiger partial charge in [0.25, 0.3) is 11.7 Å². The average Bonchev–Trinajstić information content (AvgIpc) is 3.03. The van der Waals surface area contributed by atoms with E-state index in [0.717, 1.165) is 12.1 Å². The van der Waals surface area contributed by atoms with Crippen LogP contribution in [0.5, 0.6) is 11.5 Å². The van der Waals surface area contributed by atoms with E-state index in [4.69, 9.17) is 9.47 Å². The number of carbonyl (C=O) groups is 2. The first-order valence-corrected chi connectivity index (χ1v) is 10.1. The number of Topliss-reactive ketones (excluding diaryl/α,β-unsaturated/α-hetero) is 1. The molecule has 0 aromatic heterocycles. The van der Waals surface area contributed by atoms with Crippen LogP contribution in [-0.4, -0.2) is 68.0 Å². The Morgan fingerprint density at radius 1 is 1.03 bits per heavy atom. The highest BCUT2D eigenvalue weighted by molar-refractivity contribution is 6.46. The summed E-state index contributed by atoms with van der Waals surface area (Å²) in [6.45, 7) is 1.19. The van der Waals surface area contributed by atoms with Crippen molar-refractivity contribution in [2.75, 3.05) is 41.4 Å². The number of nitrogens with zero attached hydrogens (tertiary/aromatic N) is 2. The highest BCUT2D eigenvalue weighted by atomic mass is 16.5. The maximum absolute atomic E-state index is 13.0. The summed E-state index contributed by atoms with van der Waals surface area (Å²) in [4.78, 5) is 29.5. The molecule has 1 aliphatic heterocycles. The van der Waals surface area contributed by atoms with Crippen LogP contribution in [0, 0.1) is 0 Å². The third-order valence-corrected chi connectivity index (χ3v) is 5.32. The zero-order valence-corrected chi connectivity index (χ0v) is 18.3. The van der Waals surface area contributed by atoms with Gasteiger partial charge in [0.05, 0.1) is 25.8 Å². The van der Waals surface area contributed by atoms with Gasteiger partial charge in [-0.3, -0.25) is 9.59 Å². The largest absolute Gasteiger partial charge is 0.507 e. The van der Waals surface area contributed by atoms with Gasteiger partial charge in [0.2, 0.25) is 0 Å². The van der Waals surface area contributed by atoms with E-state index in [2.05, 4.69) is 0 Å². The molecular weight excluding hydrogens is 396 g/mol. The number of aliphatic hydroxyl groups excluding tert-OH is 1. The van der Waals surface area contributed by atoms with Crippen molar-refractivity contribution in [3.63, 3.8) is 0 Å². The summed E-state index contributed by atoms with van der Waals surface area (Å²) in [5, 5.41) is 11.1. The van der Waals surface area contributed by atoms with Gasteiger partial charge in [-0.2, -0.15) is 0 Å². The number of amides is 1. The number of aliphatic hydroxyl groups is 1. The first kappa shape index (κ1) is 22.4. The number of ether oxygens (including phenoxy) is 2. The molecule has 1 heterocycles. The van der Waals surface area contributed by atoms with Crippen LogP contribution in [-0.2, 0) is 9.59 Å². The quantitative estimate of drug-likeness (QED) is 0.399. The Balaban J connectivity index is 2.09. The summed E-state index contributed by atoms with van der Waals surface area (Å²) in [5.74, 6) is -0.602. The third kappa shape index (κ3) is 4.56. The number of ketones is 1. The molecular formula is C24H28N2O5. The molecule has 0 spiro atoms. The predicted molar refractivity (Wildman–Crippen MR) is 118 cm³/mol. The molecule has 1 N–H and O–H groups in total. The molecule has 0 bridgehead atoms. The van der Waals surface area contributed by atoms with Gasteiger partial charge in [-0.25, -0.2) is 0 Å². The van der Waals surface area contributed by atoms with Crippen LogP contribution in [0.2, 0.25) is 0 Å². The van der Waals surface area contributed by atoms with Gasteiger partial charge in [0.1, 0.15) is 5.76 Å². The number of hydrogen-bond acceptors (Lipinski definition) is 6. The van der Waals surface area contributed by atoms with E-state index in [1.54, 1.807) is 23.1 Å². The van der Waals surface area contributed by atoms with Gasteiger partial charge in [-0.15, -0.1) is 0 Å². The lowest BCUT2D eigenvalue weighted by Crippen LogP contribution is -2.32. The monoisotopic (exact) mass is 424 g/mol. The van der Waals surface area contributed by atoms with Gasteiger partial charge < -0.3 is 24.4 Å². The molecule has 0 aliphatic carbocycles. The Morgan fingerprint density at radius 2 is 1.71 bits per heavy atom. The fourth-order valence-electron chi connectivity index (χ4n) is 3.79. The van der Waals surface area contributed by atoms with Crippen molar-refractivity contribution in [1.82, 2.24) is 9.80 Å². The first-order chi connectivity index (χ1) is 14.9. The van der Waals surface area contributed by atoms with E-state index in [1.165, 1.54) is 14.2 Å². The molecule has 1 aliphatic rings. The molecule has 1 amide bonds. The van der Waals surface area contributed by atoms with Crippen molar-refractivity contribution >= 4 is 17.4 Å². The molecule has 1 saturated heterocycles. The second-order valence-corrected chi connectivity index (χ2v) is 7.63. The van der Waals surface area contributed by atoms with Crippen LogP contribution in [0.3, 0.4) is 0 Å². The SMILES string of the molecule is COc1ccc(/C(O)=C2/C(=O)C(=O)N(CCCN(C)C)C2c2ccccc2)cc1OC. The van der Waals surface area contributed by atoms with E-state index in [0.29, 0.717) is 30.0 Å². The number of rotatable bonds is 8. The molecule has 2 aromatic rings. The number of methoxy groups -OCH3 is 2. The van der Waals surface area contributed by atoms with Crippen LogP contribution in [0.1, 0.15) is 23.6 Å². The Morgan fingerprint density at radius 3 is 2.32 bits per heavy atom. The van der Waals surface area contributed by atoms with Crippen molar-refractivity contribution in [3.8, 4) is 11.5 Å². The average molecular weight is 424 g/mol. The van der Waals surface area contributed by atoms with Crippen LogP contribution in [0.4, 0.5) is 0 Å². The molecule has 1 atom stereocenters. The molecule has 7 nitrogen and oxygen atoms in total. The van der Waals surface area contributed by atoms with Crippen molar-refractivity contribution in [2.24, 2.45) is 0 Å². The molecule has 3 rings (SSSR count). The third-order valence-electron chi connectivity index (χ3n) is 5.32. The van der Waals surface area contributed by atoms with Crippen LogP contribution in [0.25, 0.3) is 5.76 Å². The van der Waals surface area contributed by atoms with Gasteiger partial charge in [0.15, 0.2) is 11.5 Å². The second-order valence-electron chi connectivity index (χ2n) is 7.63. The van der Waals surface area contributed by atoms with Crippen molar-refractivity contribution in [3.05, 3.63) is 65.2 Å². The number of likely N-dealkylation sites (tertiary alicyclic amines) is 1. The van der Waals surface area contributed by atoms with E-state index in [1.807, 2.05) is 49.3 Å². The molecule has 0 radical (unpaired) electrons. The molecule has 164 valence electrons. The van der Waals surface area contributed by atoms with Gasteiger partial charge >= 0.3 is 0 Å². The van der Waals surface area contributed by atoms with Gasteiger partial charge in [0, 0.05) is 12.1 Å². The predicted octanol–water partition coefficient (Wildman–Crippen LogP) is 3.08. The van der Waals surface area contributed by atoms with Crippen molar-refractivity contribution in [2.45, 2.75) is 12.5 Å². The van der Waals surface area contributed by atoms with Crippen molar-refractivity contribution in [1.29, 1.82) is 0 Å². The lowest BCUT2D eigenvalue weighted by Gasteiger charge is -2.26. The van der Waals surface area contributed by atoms with Crippen LogP contribution >= 0.6 is 0 Å². The van der Waals surface area contributed by atoms with E-state index >= 15 is 0 Å². The van der Waals surface area contributed by atoms with E-state index in [9.17, 15) is 14.7 Å². The highest BCUT2D eigenvalue weighted by Crippen LogP contribution is 2.40. The van der Waals surface area contributed by atoms with Crippen molar-refractivity contribution < 1.29 is 24.2 Å². The van der Waals surface area contributed by atoms with E-state index in [-0.39, 0.29) is 11.3 Å². The molecule has 1 fully saturated rings. The topological polar surface area (TPSA) is 79.3 Å². The molecule has 31 heavy (non-hydrogen) atoms.